The van der Waals surface area contributed by atoms with Crippen LogP contribution in [0.4, 0.5) is 0 Å². The van der Waals surface area contributed by atoms with Crippen molar-refractivity contribution in [3.63, 3.8) is 0 Å². The van der Waals surface area contributed by atoms with Gasteiger partial charge in [-0.1, -0.05) is 0 Å². The number of benzene rings is 1. The minimum atomic E-state index is -0.780. The third-order valence-electron chi connectivity index (χ3n) is 4.97. The van der Waals surface area contributed by atoms with Gasteiger partial charge in [-0.05, 0) is 32.0 Å². The Balaban J connectivity index is 1.86. The standard InChI is InChI=1S/C18H25N3O4/c1-5-21-11(2)19-13-8-12(6-7-14(13)21)18(23)20(3)15-9-25-10-16(24-4)17(15)22/h6-8,15-17,22H,5,9-10H2,1-4H3/t15-,16-,17+/m1/s1. The van der Waals surface area contributed by atoms with E-state index >= 15 is 0 Å². The Morgan fingerprint density at radius 1 is 1.48 bits per heavy atom. The molecule has 7 nitrogen and oxygen atoms in total. The zero-order valence-electron chi connectivity index (χ0n) is 15.1. The third-order valence-corrected chi connectivity index (χ3v) is 4.97. The minimum Gasteiger partial charge on any atom is -0.388 e. The number of aryl methyl sites for hydroxylation is 2. The van der Waals surface area contributed by atoms with Crippen molar-refractivity contribution in [2.24, 2.45) is 0 Å². The van der Waals surface area contributed by atoms with Gasteiger partial charge in [0.2, 0.25) is 0 Å². The van der Waals surface area contributed by atoms with Gasteiger partial charge in [0, 0.05) is 26.3 Å². The molecule has 0 aliphatic carbocycles. The number of amides is 1. The van der Waals surface area contributed by atoms with Crippen molar-refractivity contribution >= 4 is 16.9 Å². The molecule has 1 amide bonds. The number of carbonyl (C=O) groups excluding carboxylic acids is 1. The van der Waals surface area contributed by atoms with Crippen LogP contribution in [0.15, 0.2) is 18.2 Å². The third kappa shape index (κ3) is 3.15. The SMILES string of the molecule is CCn1c(C)nc2cc(C(=O)N(C)[C@@H]3COC[C@@H](OC)[C@H]3O)ccc21. The Kier molecular flexibility index (Phi) is 5.08. The molecule has 0 spiro atoms. The Morgan fingerprint density at radius 3 is 2.92 bits per heavy atom. The van der Waals surface area contributed by atoms with E-state index in [1.165, 1.54) is 12.0 Å². The summed E-state index contributed by atoms with van der Waals surface area (Å²) in [6.07, 6.45) is -1.21. The zero-order valence-corrected chi connectivity index (χ0v) is 15.1. The summed E-state index contributed by atoms with van der Waals surface area (Å²) in [4.78, 5) is 18.9. The predicted octanol–water partition coefficient (Wildman–Crippen LogP) is 1.21. The number of imidazole rings is 1. The van der Waals surface area contributed by atoms with Crippen molar-refractivity contribution < 1.29 is 19.4 Å². The maximum absolute atomic E-state index is 12.9. The first-order valence-electron chi connectivity index (χ1n) is 8.50. The number of methoxy groups -OCH3 is 1. The topological polar surface area (TPSA) is 76.8 Å². The molecule has 0 bridgehead atoms. The van der Waals surface area contributed by atoms with Gasteiger partial charge < -0.3 is 24.0 Å². The van der Waals surface area contributed by atoms with E-state index in [1.54, 1.807) is 19.2 Å². The predicted molar refractivity (Wildman–Crippen MR) is 93.6 cm³/mol. The molecule has 0 unspecified atom stereocenters. The van der Waals surface area contributed by atoms with Crippen molar-refractivity contribution in [2.75, 3.05) is 27.4 Å². The Labute approximate surface area is 147 Å². The molecule has 0 radical (unpaired) electrons. The molecule has 1 fully saturated rings. The molecule has 1 aromatic heterocycles. The number of rotatable bonds is 4. The van der Waals surface area contributed by atoms with Crippen molar-refractivity contribution in [1.29, 1.82) is 0 Å². The summed E-state index contributed by atoms with van der Waals surface area (Å²) >= 11 is 0. The lowest BCUT2D eigenvalue weighted by Gasteiger charge is -2.38. The summed E-state index contributed by atoms with van der Waals surface area (Å²) < 4.78 is 12.8. The van der Waals surface area contributed by atoms with E-state index in [0.717, 1.165) is 23.4 Å². The lowest BCUT2D eigenvalue weighted by molar-refractivity contribution is -0.135. The van der Waals surface area contributed by atoms with Gasteiger partial charge >= 0.3 is 0 Å². The van der Waals surface area contributed by atoms with Crippen molar-refractivity contribution in [1.82, 2.24) is 14.5 Å². The number of carbonyl (C=O) groups is 1. The van der Waals surface area contributed by atoms with Crippen LogP contribution in [-0.2, 0) is 16.0 Å². The number of ether oxygens (including phenoxy) is 2. The molecular formula is C18H25N3O4. The molecule has 1 saturated heterocycles. The van der Waals surface area contributed by atoms with E-state index in [2.05, 4.69) is 16.5 Å². The average molecular weight is 347 g/mol. The fourth-order valence-corrected chi connectivity index (χ4v) is 3.43. The van der Waals surface area contributed by atoms with E-state index in [9.17, 15) is 9.90 Å². The average Bonchev–Trinajstić information content (AvgIpc) is 2.94. The van der Waals surface area contributed by atoms with Crippen LogP contribution in [-0.4, -0.2) is 71.1 Å². The summed E-state index contributed by atoms with van der Waals surface area (Å²) in [6, 6.07) is 5.08. The quantitative estimate of drug-likeness (QED) is 0.900. The second-order valence-corrected chi connectivity index (χ2v) is 6.39. The van der Waals surface area contributed by atoms with E-state index < -0.39 is 18.2 Å². The van der Waals surface area contributed by atoms with Crippen LogP contribution < -0.4 is 0 Å². The highest BCUT2D eigenvalue weighted by Crippen LogP contribution is 2.21. The molecule has 3 atom stereocenters. The number of aliphatic hydroxyl groups excluding tert-OH is 1. The molecule has 136 valence electrons. The summed E-state index contributed by atoms with van der Waals surface area (Å²) in [6.45, 7) is 5.47. The van der Waals surface area contributed by atoms with Gasteiger partial charge in [0.25, 0.3) is 5.91 Å². The fraction of sp³-hybridized carbons (Fsp3) is 0.556. The summed E-state index contributed by atoms with van der Waals surface area (Å²) in [5.41, 5.74) is 2.36. The lowest BCUT2D eigenvalue weighted by Crippen LogP contribution is -2.56. The summed E-state index contributed by atoms with van der Waals surface area (Å²) in [5.74, 6) is 0.754. The maximum Gasteiger partial charge on any atom is 0.254 e. The highest BCUT2D eigenvalue weighted by molar-refractivity contribution is 5.97. The number of likely N-dealkylation sites (N-methyl/N-ethyl adjacent to an activating group) is 1. The monoisotopic (exact) mass is 347 g/mol. The van der Waals surface area contributed by atoms with Gasteiger partial charge in [0.05, 0.1) is 30.3 Å². The molecule has 1 N–H and O–H groups in total. The van der Waals surface area contributed by atoms with Gasteiger partial charge in [0.1, 0.15) is 18.0 Å². The molecule has 1 aliphatic heterocycles. The number of aliphatic hydroxyl groups is 1. The van der Waals surface area contributed by atoms with Crippen LogP contribution in [0.25, 0.3) is 11.0 Å². The van der Waals surface area contributed by atoms with Gasteiger partial charge in [-0.3, -0.25) is 4.79 Å². The Morgan fingerprint density at radius 2 is 2.24 bits per heavy atom. The number of hydrogen-bond donors (Lipinski definition) is 1. The molecular weight excluding hydrogens is 322 g/mol. The molecule has 0 saturated carbocycles. The first kappa shape index (κ1) is 17.8. The van der Waals surface area contributed by atoms with Crippen molar-refractivity contribution in [3.05, 3.63) is 29.6 Å². The number of hydrogen-bond acceptors (Lipinski definition) is 5. The fourth-order valence-electron chi connectivity index (χ4n) is 3.43. The largest absolute Gasteiger partial charge is 0.388 e. The molecule has 1 aliphatic rings. The van der Waals surface area contributed by atoms with Crippen LogP contribution in [0.2, 0.25) is 0 Å². The van der Waals surface area contributed by atoms with Crippen molar-refractivity contribution in [3.8, 4) is 0 Å². The summed E-state index contributed by atoms with van der Waals surface area (Å²) in [7, 11) is 3.21. The lowest BCUT2D eigenvalue weighted by atomic mass is 10.0. The zero-order chi connectivity index (χ0) is 18.1. The molecule has 2 heterocycles. The molecule has 7 heteroatoms. The first-order chi connectivity index (χ1) is 12.0. The number of fused-ring (bicyclic) bond motifs is 1. The highest BCUT2D eigenvalue weighted by Gasteiger charge is 2.37. The summed E-state index contributed by atoms with van der Waals surface area (Å²) in [5, 5.41) is 10.4. The smallest absolute Gasteiger partial charge is 0.254 e. The second-order valence-electron chi connectivity index (χ2n) is 6.39. The highest BCUT2D eigenvalue weighted by atomic mass is 16.5. The number of nitrogens with zero attached hydrogens (tertiary/aromatic N) is 3. The van der Waals surface area contributed by atoms with Gasteiger partial charge in [-0.25, -0.2) is 4.98 Å². The van der Waals surface area contributed by atoms with E-state index in [0.29, 0.717) is 12.2 Å². The second kappa shape index (κ2) is 7.11. The van der Waals surface area contributed by atoms with E-state index in [1.807, 2.05) is 13.0 Å². The van der Waals surface area contributed by atoms with Crippen LogP contribution in [0.1, 0.15) is 23.1 Å². The molecule has 3 rings (SSSR count). The Bertz CT molecular complexity index is 773. The minimum absolute atomic E-state index is 0.171. The Hall–Kier alpha value is -1.96. The molecule has 2 aromatic rings. The van der Waals surface area contributed by atoms with Crippen LogP contribution in [0, 0.1) is 6.92 Å². The maximum atomic E-state index is 12.9. The van der Waals surface area contributed by atoms with Crippen LogP contribution in [0.5, 0.6) is 0 Å². The van der Waals surface area contributed by atoms with E-state index in [-0.39, 0.29) is 12.5 Å². The van der Waals surface area contributed by atoms with Crippen LogP contribution in [0.3, 0.4) is 0 Å². The van der Waals surface area contributed by atoms with Gasteiger partial charge in [0.15, 0.2) is 0 Å². The van der Waals surface area contributed by atoms with Gasteiger partial charge in [-0.2, -0.15) is 0 Å². The van der Waals surface area contributed by atoms with Crippen molar-refractivity contribution in [2.45, 2.75) is 38.6 Å². The first-order valence-corrected chi connectivity index (χ1v) is 8.50. The molecule has 1 aromatic carbocycles. The van der Waals surface area contributed by atoms with Gasteiger partial charge in [-0.15, -0.1) is 0 Å². The number of aromatic nitrogens is 2. The van der Waals surface area contributed by atoms with E-state index in [4.69, 9.17) is 9.47 Å². The van der Waals surface area contributed by atoms with Crippen LogP contribution >= 0.6 is 0 Å². The normalized spacial score (nSPS) is 23.8. The molecule has 25 heavy (non-hydrogen) atoms.